The van der Waals surface area contributed by atoms with E-state index in [2.05, 4.69) is 10.3 Å². The third-order valence-corrected chi connectivity index (χ3v) is 3.14. The maximum absolute atomic E-state index is 11.1. The van der Waals surface area contributed by atoms with Crippen LogP contribution < -0.4 is 5.32 Å². The maximum Gasteiger partial charge on any atom is 0.308 e. The van der Waals surface area contributed by atoms with Crippen molar-refractivity contribution in [2.75, 3.05) is 11.9 Å². The van der Waals surface area contributed by atoms with Crippen LogP contribution in [0.25, 0.3) is 11.1 Å². The Morgan fingerprint density at radius 2 is 2.21 bits per heavy atom. The summed E-state index contributed by atoms with van der Waals surface area (Å²) in [5.74, 6) is -0.481. The van der Waals surface area contributed by atoms with Gasteiger partial charge in [0.25, 0.3) is 0 Å². The molecule has 1 aromatic carbocycles. The molecule has 2 rings (SSSR count). The quantitative estimate of drug-likeness (QED) is 0.866. The van der Waals surface area contributed by atoms with E-state index in [1.54, 1.807) is 6.92 Å². The Hall–Kier alpha value is -2.04. The first-order valence-corrected chi connectivity index (χ1v) is 6.31. The van der Waals surface area contributed by atoms with Gasteiger partial charge < -0.3 is 14.8 Å². The maximum atomic E-state index is 11.1. The molecule has 1 aromatic heterocycles. The number of anilines is 1. The topological polar surface area (TPSA) is 75.4 Å². The number of carboxylic acid groups (broad SMARTS) is 1. The van der Waals surface area contributed by atoms with E-state index < -0.39 is 11.9 Å². The number of carboxylic acids is 1. The summed E-state index contributed by atoms with van der Waals surface area (Å²) in [6, 6.07) is 5.58. The first-order valence-electron chi connectivity index (χ1n) is 6.31. The van der Waals surface area contributed by atoms with E-state index in [-0.39, 0.29) is 5.92 Å². The monoisotopic (exact) mass is 262 g/mol. The van der Waals surface area contributed by atoms with Crippen LogP contribution in [-0.2, 0) is 4.79 Å². The first-order chi connectivity index (χ1) is 8.97. The molecular weight excluding hydrogens is 244 g/mol. The van der Waals surface area contributed by atoms with Crippen LogP contribution in [0.5, 0.6) is 0 Å². The van der Waals surface area contributed by atoms with E-state index in [4.69, 9.17) is 9.52 Å². The average molecular weight is 262 g/mol. The number of fused-ring (bicyclic) bond motifs is 1. The Morgan fingerprint density at radius 1 is 1.47 bits per heavy atom. The Kier molecular flexibility index (Phi) is 3.74. The fourth-order valence-electron chi connectivity index (χ4n) is 1.99. The predicted octanol–water partition coefficient (Wildman–Crippen LogP) is 2.90. The van der Waals surface area contributed by atoms with E-state index in [0.717, 1.165) is 11.2 Å². The fourth-order valence-corrected chi connectivity index (χ4v) is 1.99. The zero-order valence-electron chi connectivity index (χ0n) is 11.3. The van der Waals surface area contributed by atoms with Crippen molar-refractivity contribution in [3.05, 3.63) is 24.1 Å². The van der Waals surface area contributed by atoms with Crippen LogP contribution in [0.3, 0.4) is 0 Å². The summed E-state index contributed by atoms with van der Waals surface area (Å²) in [7, 11) is 0. The minimum atomic E-state index is -0.779. The van der Waals surface area contributed by atoms with Gasteiger partial charge in [-0.3, -0.25) is 4.79 Å². The van der Waals surface area contributed by atoms with Crippen molar-refractivity contribution in [2.45, 2.75) is 20.8 Å². The summed E-state index contributed by atoms with van der Waals surface area (Å²) >= 11 is 0. The molecule has 0 amide bonds. The lowest BCUT2D eigenvalue weighted by Crippen LogP contribution is -2.27. The van der Waals surface area contributed by atoms with E-state index in [9.17, 15) is 4.79 Å². The minimum Gasteiger partial charge on any atom is -0.481 e. The molecule has 0 fully saturated rings. The Morgan fingerprint density at radius 3 is 2.84 bits per heavy atom. The van der Waals surface area contributed by atoms with Crippen LogP contribution in [0.1, 0.15) is 19.7 Å². The second kappa shape index (κ2) is 5.30. The lowest BCUT2D eigenvalue weighted by Gasteiger charge is -2.17. The highest BCUT2D eigenvalue weighted by atomic mass is 16.4. The molecule has 102 valence electrons. The van der Waals surface area contributed by atoms with E-state index in [0.29, 0.717) is 18.0 Å². The normalized spacial score (nSPS) is 12.8. The van der Waals surface area contributed by atoms with Crippen LogP contribution in [-0.4, -0.2) is 22.6 Å². The highest BCUT2D eigenvalue weighted by Gasteiger charge is 2.21. The molecule has 0 spiro atoms. The Balaban J connectivity index is 2.10. The molecule has 0 bridgehead atoms. The highest BCUT2D eigenvalue weighted by Crippen LogP contribution is 2.20. The molecular formula is C14H18N2O3. The van der Waals surface area contributed by atoms with Crippen LogP contribution >= 0.6 is 0 Å². The average Bonchev–Trinajstić information content (AvgIpc) is 2.67. The first kappa shape index (κ1) is 13.4. The minimum absolute atomic E-state index is 0.0845. The molecule has 2 aromatic rings. The molecule has 1 heterocycles. The lowest BCUT2D eigenvalue weighted by molar-refractivity contribution is -0.142. The van der Waals surface area contributed by atoms with Gasteiger partial charge in [-0.25, -0.2) is 4.98 Å². The number of aryl methyl sites for hydroxylation is 1. The number of rotatable bonds is 5. The zero-order chi connectivity index (χ0) is 14.0. The van der Waals surface area contributed by atoms with Crippen molar-refractivity contribution < 1.29 is 14.3 Å². The molecule has 1 atom stereocenters. The number of benzene rings is 1. The summed E-state index contributed by atoms with van der Waals surface area (Å²) < 4.78 is 5.44. The second-order valence-corrected chi connectivity index (χ2v) is 4.99. The summed E-state index contributed by atoms with van der Waals surface area (Å²) in [5.41, 5.74) is 2.36. The number of aliphatic carboxylic acids is 1. The van der Waals surface area contributed by atoms with Crippen LogP contribution in [0.4, 0.5) is 5.69 Å². The van der Waals surface area contributed by atoms with E-state index in [1.807, 2.05) is 32.0 Å². The van der Waals surface area contributed by atoms with Crippen molar-refractivity contribution in [2.24, 2.45) is 11.8 Å². The van der Waals surface area contributed by atoms with E-state index >= 15 is 0 Å². The van der Waals surface area contributed by atoms with Crippen LogP contribution in [0, 0.1) is 18.8 Å². The summed E-state index contributed by atoms with van der Waals surface area (Å²) in [6.45, 7) is 6.00. The predicted molar refractivity (Wildman–Crippen MR) is 73.2 cm³/mol. The van der Waals surface area contributed by atoms with Gasteiger partial charge in [0.15, 0.2) is 11.5 Å². The zero-order valence-corrected chi connectivity index (χ0v) is 11.3. The molecule has 0 saturated carbocycles. The SMILES string of the molecule is Cc1nc2ccc(NCC(C(=O)O)C(C)C)cc2o1. The lowest BCUT2D eigenvalue weighted by atomic mass is 9.96. The molecule has 19 heavy (non-hydrogen) atoms. The number of aromatic nitrogens is 1. The van der Waals surface area contributed by atoms with Crippen LogP contribution in [0.15, 0.2) is 22.6 Å². The molecule has 0 aliphatic carbocycles. The third kappa shape index (κ3) is 3.05. The Labute approximate surface area is 111 Å². The molecule has 0 radical (unpaired) electrons. The second-order valence-electron chi connectivity index (χ2n) is 4.99. The molecule has 0 aliphatic heterocycles. The standard InChI is InChI=1S/C14H18N2O3/c1-8(2)11(14(17)18)7-15-10-4-5-12-13(6-10)19-9(3)16-12/h4-6,8,11,15H,7H2,1-3H3,(H,17,18). The van der Waals surface area contributed by atoms with Gasteiger partial charge in [0.1, 0.15) is 5.52 Å². The fraction of sp³-hybridized carbons (Fsp3) is 0.429. The molecule has 5 nitrogen and oxygen atoms in total. The number of hydrogen-bond donors (Lipinski definition) is 2. The molecule has 0 aliphatic rings. The van der Waals surface area contributed by atoms with Crippen molar-refractivity contribution >= 4 is 22.8 Å². The summed E-state index contributed by atoms with van der Waals surface area (Å²) in [6.07, 6.45) is 0. The number of nitrogens with zero attached hydrogens (tertiary/aromatic N) is 1. The van der Waals surface area contributed by atoms with Crippen molar-refractivity contribution in [3.8, 4) is 0 Å². The van der Waals surface area contributed by atoms with Crippen molar-refractivity contribution in [3.63, 3.8) is 0 Å². The van der Waals surface area contributed by atoms with Crippen molar-refractivity contribution in [1.29, 1.82) is 0 Å². The number of hydrogen-bond acceptors (Lipinski definition) is 4. The molecule has 0 saturated heterocycles. The van der Waals surface area contributed by atoms with Gasteiger partial charge in [-0.1, -0.05) is 13.8 Å². The van der Waals surface area contributed by atoms with Crippen molar-refractivity contribution in [1.82, 2.24) is 4.98 Å². The highest BCUT2D eigenvalue weighted by molar-refractivity contribution is 5.77. The van der Waals surface area contributed by atoms with E-state index in [1.165, 1.54) is 0 Å². The largest absolute Gasteiger partial charge is 0.481 e. The Bertz CT molecular complexity index is 589. The number of oxazole rings is 1. The number of nitrogens with one attached hydrogen (secondary N) is 1. The van der Waals surface area contributed by atoms with Gasteiger partial charge >= 0.3 is 5.97 Å². The third-order valence-electron chi connectivity index (χ3n) is 3.14. The van der Waals surface area contributed by atoms with Gasteiger partial charge in [-0.2, -0.15) is 0 Å². The van der Waals surface area contributed by atoms with Gasteiger partial charge in [-0.15, -0.1) is 0 Å². The molecule has 5 heteroatoms. The smallest absolute Gasteiger partial charge is 0.308 e. The van der Waals surface area contributed by atoms with Gasteiger partial charge in [0.2, 0.25) is 0 Å². The van der Waals surface area contributed by atoms with Crippen LogP contribution in [0.2, 0.25) is 0 Å². The summed E-state index contributed by atoms with van der Waals surface area (Å²) in [5, 5.41) is 12.3. The summed E-state index contributed by atoms with van der Waals surface area (Å²) in [4.78, 5) is 15.3. The number of carbonyl (C=O) groups is 1. The molecule has 1 unspecified atom stereocenters. The van der Waals surface area contributed by atoms with Gasteiger partial charge in [-0.05, 0) is 18.1 Å². The molecule has 2 N–H and O–H groups in total. The van der Waals surface area contributed by atoms with Gasteiger partial charge in [0.05, 0.1) is 5.92 Å². The van der Waals surface area contributed by atoms with Gasteiger partial charge in [0, 0.05) is 25.2 Å².